The van der Waals surface area contributed by atoms with Gasteiger partial charge in [-0.3, -0.25) is 8.75 Å². The Kier molecular flexibility index (Phi) is 5.60. The van der Waals surface area contributed by atoms with Crippen molar-refractivity contribution in [1.82, 2.24) is 14.2 Å². The quantitative estimate of drug-likeness (QED) is 0.422. The van der Waals surface area contributed by atoms with Gasteiger partial charge in [0.2, 0.25) is 5.13 Å². The number of aryl methyl sites for hydroxylation is 2. The van der Waals surface area contributed by atoms with Gasteiger partial charge in [-0.05, 0) is 37.1 Å². The highest BCUT2D eigenvalue weighted by atomic mass is 32.1. The maximum Gasteiger partial charge on any atom is 0.268 e. The van der Waals surface area contributed by atoms with Crippen LogP contribution in [0.5, 0.6) is 0 Å². The fourth-order valence-corrected chi connectivity index (χ4v) is 4.76. The average Bonchev–Trinajstić information content (AvgIpc) is 3.27. The summed E-state index contributed by atoms with van der Waals surface area (Å²) in [6, 6.07) is 17.8. The summed E-state index contributed by atoms with van der Waals surface area (Å²) in [6.07, 6.45) is 4.05. The van der Waals surface area contributed by atoms with Gasteiger partial charge >= 0.3 is 0 Å². The first-order valence-corrected chi connectivity index (χ1v) is 10.6. The minimum Gasteiger partial charge on any atom is -0.330 e. The normalized spacial score (nSPS) is 11.1. The van der Waals surface area contributed by atoms with Crippen LogP contribution in [0.3, 0.4) is 0 Å². The van der Waals surface area contributed by atoms with Gasteiger partial charge in [0.15, 0.2) is 0 Å². The minimum absolute atomic E-state index is 0.136. The molecule has 1 N–H and O–H groups in total. The van der Waals surface area contributed by atoms with Crippen molar-refractivity contribution < 1.29 is 0 Å². The second-order valence-corrected chi connectivity index (χ2v) is 8.42. The number of benzene rings is 2. The monoisotopic (exact) mass is 396 g/mol. The second-order valence-electron chi connectivity index (χ2n) is 6.30. The molecule has 5 nitrogen and oxygen atoms in total. The van der Waals surface area contributed by atoms with E-state index in [4.69, 9.17) is 0 Å². The average molecular weight is 397 g/mol. The molecule has 27 heavy (non-hydrogen) atoms. The first kappa shape index (κ1) is 17.9. The van der Waals surface area contributed by atoms with Crippen LogP contribution >= 0.6 is 22.9 Å². The van der Waals surface area contributed by atoms with Gasteiger partial charge in [0.25, 0.3) is 5.56 Å². The molecule has 0 fully saturated rings. The van der Waals surface area contributed by atoms with E-state index >= 15 is 0 Å². The van der Waals surface area contributed by atoms with Crippen molar-refractivity contribution in [2.45, 2.75) is 32.2 Å². The summed E-state index contributed by atoms with van der Waals surface area (Å²) in [4.78, 5) is 12.3. The molecule has 0 aliphatic rings. The molecule has 2 heterocycles. The first-order chi connectivity index (χ1) is 13.3. The van der Waals surface area contributed by atoms with Gasteiger partial charge in [-0.1, -0.05) is 59.6 Å². The molecule has 0 radical (unpaired) electrons. The Morgan fingerprint density at radius 3 is 2.59 bits per heavy atom. The van der Waals surface area contributed by atoms with Crippen LogP contribution in [-0.2, 0) is 13.0 Å². The SMILES string of the molecule is O=c1c2ccccc2sn1CCCCCc1nnc(Nc2ccccc2)s1. The van der Waals surface area contributed by atoms with Crippen LogP contribution < -0.4 is 10.9 Å². The number of para-hydroxylation sites is 1. The summed E-state index contributed by atoms with van der Waals surface area (Å²) in [7, 11) is 0. The molecule has 0 aliphatic carbocycles. The van der Waals surface area contributed by atoms with Crippen molar-refractivity contribution >= 4 is 43.8 Å². The van der Waals surface area contributed by atoms with Gasteiger partial charge in [-0.2, -0.15) is 0 Å². The lowest BCUT2D eigenvalue weighted by molar-refractivity contribution is 0.604. The van der Waals surface area contributed by atoms with E-state index in [-0.39, 0.29) is 5.56 Å². The molecule has 0 saturated carbocycles. The molecule has 0 unspecified atom stereocenters. The molecule has 2 aromatic heterocycles. The fourth-order valence-electron chi connectivity index (χ4n) is 2.92. The Balaban J connectivity index is 1.23. The van der Waals surface area contributed by atoms with Crippen molar-refractivity contribution in [3.8, 4) is 0 Å². The van der Waals surface area contributed by atoms with Gasteiger partial charge < -0.3 is 5.32 Å². The predicted octanol–water partition coefficient (Wildman–Crippen LogP) is 5.07. The van der Waals surface area contributed by atoms with Gasteiger partial charge in [0.1, 0.15) is 5.01 Å². The molecule has 138 valence electrons. The highest BCUT2D eigenvalue weighted by molar-refractivity contribution is 7.15. The summed E-state index contributed by atoms with van der Waals surface area (Å²) in [5, 5.41) is 14.4. The van der Waals surface area contributed by atoms with Gasteiger partial charge in [-0.15, -0.1) is 10.2 Å². The summed E-state index contributed by atoms with van der Waals surface area (Å²) in [5.41, 5.74) is 1.16. The Hall–Kier alpha value is -2.51. The van der Waals surface area contributed by atoms with Crippen molar-refractivity contribution in [2.75, 3.05) is 5.32 Å². The van der Waals surface area contributed by atoms with Gasteiger partial charge in [0.05, 0.1) is 10.1 Å². The predicted molar refractivity (Wildman–Crippen MR) is 113 cm³/mol. The second kappa shape index (κ2) is 8.45. The zero-order valence-corrected chi connectivity index (χ0v) is 16.4. The standard InChI is InChI=1S/C20H20N4OS2/c25-19-16-11-6-7-12-17(16)27-24(19)14-8-2-5-13-18-22-23-20(26-18)21-15-9-3-1-4-10-15/h1,3-4,6-7,9-12H,2,5,8,13-14H2,(H,21,23). The number of anilines is 2. The summed E-state index contributed by atoms with van der Waals surface area (Å²) < 4.78 is 2.94. The van der Waals surface area contributed by atoms with Crippen LogP contribution in [-0.4, -0.2) is 14.2 Å². The third kappa shape index (κ3) is 4.43. The lowest BCUT2D eigenvalue weighted by Crippen LogP contribution is -2.12. The molecular formula is C20H20N4OS2. The topological polar surface area (TPSA) is 59.8 Å². The molecule has 0 spiro atoms. The maximum atomic E-state index is 12.3. The van der Waals surface area contributed by atoms with Crippen molar-refractivity contribution in [2.24, 2.45) is 0 Å². The van der Waals surface area contributed by atoms with E-state index in [1.54, 1.807) is 22.9 Å². The molecule has 4 aromatic rings. The van der Waals surface area contributed by atoms with Crippen LogP contribution in [0.4, 0.5) is 10.8 Å². The number of nitrogens with one attached hydrogen (secondary N) is 1. The van der Waals surface area contributed by atoms with E-state index in [2.05, 4.69) is 15.5 Å². The molecule has 0 bridgehead atoms. The van der Waals surface area contributed by atoms with E-state index in [1.165, 1.54) is 0 Å². The van der Waals surface area contributed by atoms with Gasteiger partial charge in [-0.25, -0.2) is 0 Å². The molecule has 2 aromatic carbocycles. The van der Waals surface area contributed by atoms with Gasteiger partial charge in [0, 0.05) is 18.7 Å². The summed E-state index contributed by atoms with van der Waals surface area (Å²) in [6.45, 7) is 0.787. The van der Waals surface area contributed by atoms with E-state index in [0.29, 0.717) is 0 Å². The Morgan fingerprint density at radius 1 is 0.926 bits per heavy atom. The number of hydrogen-bond acceptors (Lipinski definition) is 6. The highest BCUT2D eigenvalue weighted by Crippen LogP contribution is 2.22. The van der Waals surface area contributed by atoms with Crippen LogP contribution in [0.1, 0.15) is 24.3 Å². The Labute approximate surface area is 165 Å². The van der Waals surface area contributed by atoms with E-state index in [9.17, 15) is 4.79 Å². The van der Waals surface area contributed by atoms with Crippen LogP contribution in [0.15, 0.2) is 59.4 Å². The lowest BCUT2D eigenvalue weighted by atomic mass is 10.2. The maximum absolute atomic E-state index is 12.3. The number of hydrogen-bond donors (Lipinski definition) is 1. The van der Waals surface area contributed by atoms with Crippen molar-refractivity contribution in [3.63, 3.8) is 0 Å². The van der Waals surface area contributed by atoms with Crippen LogP contribution in [0, 0.1) is 0 Å². The third-order valence-corrected chi connectivity index (χ3v) is 6.32. The smallest absolute Gasteiger partial charge is 0.268 e. The third-order valence-electron chi connectivity index (χ3n) is 4.30. The molecule has 0 saturated heterocycles. The fraction of sp³-hybridized carbons (Fsp3) is 0.250. The van der Waals surface area contributed by atoms with Crippen LogP contribution in [0.2, 0.25) is 0 Å². The van der Waals surface area contributed by atoms with Crippen molar-refractivity contribution in [3.05, 3.63) is 70.0 Å². The summed E-state index contributed by atoms with van der Waals surface area (Å²) in [5.74, 6) is 0. The molecule has 7 heteroatoms. The number of rotatable bonds is 8. The zero-order chi connectivity index (χ0) is 18.5. The zero-order valence-electron chi connectivity index (χ0n) is 14.8. The van der Waals surface area contributed by atoms with E-state index in [0.717, 1.165) is 58.1 Å². The molecule has 0 atom stereocenters. The number of fused-ring (bicyclic) bond motifs is 1. The largest absolute Gasteiger partial charge is 0.330 e. The Bertz CT molecular complexity index is 1070. The number of unbranched alkanes of at least 4 members (excludes halogenated alkanes) is 2. The number of nitrogens with zero attached hydrogens (tertiary/aromatic N) is 3. The lowest BCUT2D eigenvalue weighted by Gasteiger charge is -2.00. The first-order valence-electron chi connectivity index (χ1n) is 9.03. The Morgan fingerprint density at radius 2 is 1.74 bits per heavy atom. The van der Waals surface area contributed by atoms with Crippen molar-refractivity contribution in [1.29, 1.82) is 0 Å². The number of aromatic nitrogens is 3. The molecule has 0 aliphatic heterocycles. The highest BCUT2D eigenvalue weighted by Gasteiger charge is 2.07. The molecular weight excluding hydrogens is 376 g/mol. The molecule has 4 rings (SSSR count). The van der Waals surface area contributed by atoms with E-state index in [1.807, 2.05) is 58.6 Å². The van der Waals surface area contributed by atoms with E-state index < -0.39 is 0 Å². The molecule has 0 amide bonds. The summed E-state index contributed by atoms with van der Waals surface area (Å²) >= 11 is 3.16. The van der Waals surface area contributed by atoms with Crippen LogP contribution in [0.25, 0.3) is 10.1 Å². The minimum atomic E-state index is 0.136.